The van der Waals surface area contributed by atoms with Gasteiger partial charge in [-0.1, -0.05) is 5.16 Å². The van der Waals surface area contributed by atoms with E-state index in [1.807, 2.05) is 0 Å². The maximum Gasteiger partial charge on any atom is 0.229 e. The monoisotopic (exact) mass is 301 g/mol. The van der Waals surface area contributed by atoms with Gasteiger partial charge in [-0.25, -0.2) is 8.42 Å². The Labute approximate surface area is 118 Å². The molecular weight excluding hydrogens is 282 g/mol. The molecule has 1 aromatic rings. The van der Waals surface area contributed by atoms with Gasteiger partial charge in [0, 0.05) is 19.0 Å². The molecule has 1 saturated carbocycles. The molecule has 1 N–H and O–H groups in total. The maximum atomic E-state index is 11.6. The summed E-state index contributed by atoms with van der Waals surface area (Å²) in [6, 6.07) is 0. The predicted molar refractivity (Wildman–Crippen MR) is 70.6 cm³/mol. The van der Waals surface area contributed by atoms with Crippen molar-refractivity contribution in [1.82, 2.24) is 14.4 Å². The van der Waals surface area contributed by atoms with E-state index in [4.69, 9.17) is 4.52 Å². The highest BCUT2D eigenvalue weighted by molar-refractivity contribution is 7.88. The highest BCUT2D eigenvalue weighted by Gasteiger charge is 2.39. The van der Waals surface area contributed by atoms with Crippen LogP contribution in [0.25, 0.3) is 0 Å². The lowest BCUT2D eigenvalue weighted by Crippen LogP contribution is -2.51. The fraction of sp³-hybridized carbons (Fsp3) is 0.833. The van der Waals surface area contributed by atoms with E-state index in [0.29, 0.717) is 37.0 Å². The Morgan fingerprint density at radius 2 is 2.25 bits per heavy atom. The number of hydrogen-bond donors (Lipinski definition) is 1. The molecule has 1 atom stereocenters. The lowest BCUT2D eigenvalue weighted by Gasteiger charge is -2.37. The average molecular weight is 301 g/mol. The van der Waals surface area contributed by atoms with Gasteiger partial charge in [-0.05, 0) is 25.7 Å². The Kier molecular flexibility index (Phi) is 3.34. The van der Waals surface area contributed by atoms with Gasteiger partial charge >= 0.3 is 0 Å². The van der Waals surface area contributed by atoms with Crippen LogP contribution in [0.3, 0.4) is 0 Å². The third kappa shape index (κ3) is 3.02. The maximum absolute atomic E-state index is 11.6. The molecule has 0 aromatic carbocycles. The van der Waals surface area contributed by atoms with E-state index < -0.39 is 15.6 Å². The molecule has 0 radical (unpaired) electrons. The summed E-state index contributed by atoms with van der Waals surface area (Å²) >= 11 is 0. The number of hydrogen-bond acceptors (Lipinski definition) is 6. The second-order valence-electron chi connectivity index (χ2n) is 5.92. The zero-order valence-corrected chi connectivity index (χ0v) is 12.3. The minimum absolute atomic E-state index is 0.0903. The summed E-state index contributed by atoms with van der Waals surface area (Å²) < 4.78 is 29.7. The van der Waals surface area contributed by atoms with Crippen molar-refractivity contribution in [2.24, 2.45) is 0 Å². The van der Waals surface area contributed by atoms with Crippen molar-refractivity contribution in [3.63, 3.8) is 0 Å². The zero-order valence-electron chi connectivity index (χ0n) is 11.4. The first kappa shape index (κ1) is 14.0. The number of aliphatic hydroxyl groups is 1. The molecule has 3 rings (SSSR count). The standard InChI is InChI=1S/C12H19N3O4S/c1-20(17,18)15-6-2-5-12(16,8-15)7-10-13-11(14-19-10)9-3-4-9/h9,16H,2-8H2,1H3. The van der Waals surface area contributed by atoms with Crippen LogP contribution in [0.2, 0.25) is 0 Å². The Morgan fingerprint density at radius 1 is 1.50 bits per heavy atom. The zero-order chi connectivity index (χ0) is 14.4. The van der Waals surface area contributed by atoms with E-state index in [9.17, 15) is 13.5 Å². The van der Waals surface area contributed by atoms with Gasteiger partial charge < -0.3 is 9.63 Å². The normalized spacial score (nSPS) is 28.7. The number of nitrogens with zero attached hydrogens (tertiary/aromatic N) is 3. The summed E-state index contributed by atoms with van der Waals surface area (Å²) in [5.74, 6) is 1.50. The van der Waals surface area contributed by atoms with Crippen LogP contribution < -0.4 is 0 Å². The van der Waals surface area contributed by atoms with Crippen molar-refractivity contribution in [2.75, 3.05) is 19.3 Å². The number of piperidine rings is 1. The summed E-state index contributed by atoms with van der Waals surface area (Å²) in [5.41, 5.74) is -1.12. The third-order valence-corrected chi connectivity index (χ3v) is 5.15. The average Bonchev–Trinajstić information content (AvgIpc) is 3.10. The van der Waals surface area contributed by atoms with Crippen LogP contribution in [-0.2, 0) is 16.4 Å². The fourth-order valence-corrected chi connectivity index (χ4v) is 3.56. The van der Waals surface area contributed by atoms with Crippen molar-refractivity contribution >= 4 is 10.0 Å². The number of aromatic nitrogens is 2. The molecule has 1 aliphatic carbocycles. The van der Waals surface area contributed by atoms with Crippen LogP contribution in [0.5, 0.6) is 0 Å². The molecule has 0 amide bonds. The first-order chi connectivity index (χ1) is 9.36. The van der Waals surface area contributed by atoms with Gasteiger partial charge in [0.05, 0.1) is 18.3 Å². The molecular formula is C12H19N3O4S. The van der Waals surface area contributed by atoms with Gasteiger partial charge in [-0.15, -0.1) is 0 Å². The Hall–Kier alpha value is -0.990. The lowest BCUT2D eigenvalue weighted by molar-refractivity contribution is -0.0127. The molecule has 0 bridgehead atoms. The van der Waals surface area contributed by atoms with Crippen molar-refractivity contribution < 1.29 is 18.0 Å². The molecule has 20 heavy (non-hydrogen) atoms. The molecule has 0 spiro atoms. The second-order valence-corrected chi connectivity index (χ2v) is 7.90. The summed E-state index contributed by atoms with van der Waals surface area (Å²) in [6.07, 6.45) is 4.72. The summed E-state index contributed by atoms with van der Waals surface area (Å²) in [6.45, 7) is 0.547. The van der Waals surface area contributed by atoms with Gasteiger partial charge in [0.15, 0.2) is 5.82 Å². The van der Waals surface area contributed by atoms with Crippen molar-refractivity contribution in [3.8, 4) is 0 Å². The van der Waals surface area contributed by atoms with Crippen molar-refractivity contribution in [3.05, 3.63) is 11.7 Å². The van der Waals surface area contributed by atoms with Gasteiger partial charge in [-0.3, -0.25) is 0 Å². The molecule has 1 aliphatic heterocycles. The minimum atomic E-state index is -3.28. The first-order valence-corrected chi connectivity index (χ1v) is 8.71. The largest absolute Gasteiger partial charge is 0.388 e. The Morgan fingerprint density at radius 3 is 2.90 bits per heavy atom. The quantitative estimate of drug-likeness (QED) is 0.858. The second kappa shape index (κ2) is 4.78. The van der Waals surface area contributed by atoms with E-state index in [1.54, 1.807) is 0 Å². The van der Waals surface area contributed by atoms with E-state index in [2.05, 4.69) is 10.1 Å². The van der Waals surface area contributed by atoms with E-state index in [0.717, 1.165) is 19.1 Å². The van der Waals surface area contributed by atoms with Crippen molar-refractivity contribution in [2.45, 2.75) is 43.6 Å². The molecule has 1 saturated heterocycles. The number of sulfonamides is 1. The van der Waals surface area contributed by atoms with Crippen LogP contribution in [-0.4, -0.2) is 52.9 Å². The Balaban J connectivity index is 1.70. The smallest absolute Gasteiger partial charge is 0.229 e. The summed E-state index contributed by atoms with van der Waals surface area (Å²) in [4.78, 5) is 4.29. The molecule has 8 heteroatoms. The SMILES string of the molecule is CS(=O)(=O)N1CCCC(O)(Cc2nc(C3CC3)no2)C1. The number of β-amino-alcohol motifs (C(OH)–C–C–N with tert-alkyl or cyclic N) is 1. The molecule has 1 unspecified atom stereocenters. The number of rotatable bonds is 4. The Bertz CT molecular complexity index is 596. The fourth-order valence-electron chi connectivity index (χ4n) is 2.63. The van der Waals surface area contributed by atoms with E-state index in [1.165, 1.54) is 4.31 Å². The van der Waals surface area contributed by atoms with E-state index in [-0.39, 0.29) is 13.0 Å². The summed E-state index contributed by atoms with van der Waals surface area (Å²) in [7, 11) is -3.28. The summed E-state index contributed by atoms with van der Waals surface area (Å²) in [5, 5.41) is 14.5. The van der Waals surface area contributed by atoms with Crippen LogP contribution in [0.1, 0.15) is 43.3 Å². The van der Waals surface area contributed by atoms with Gasteiger partial charge in [0.25, 0.3) is 0 Å². The van der Waals surface area contributed by atoms with Crippen molar-refractivity contribution in [1.29, 1.82) is 0 Å². The molecule has 7 nitrogen and oxygen atoms in total. The van der Waals surface area contributed by atoms with Crippen LogP contribution in [0, 0.1) is 0 Å². The molecule has 2 fully saturated rings. The minimum Gasteiger partial charge on any atom is -0.388 e. The topological polar surface area (TPSA) is 96.5 Å². The molecule has 112 valence electrons. The van der Waals surface area contributed by atoms with Crippen LogP contribution in [0.4, 0.5) is 0 Å². The highest BCUT2D eigenvalue weighted by atomic mass is 32.2. The van der Waals surface area contributed by atoms with Crippen LogP contribution >= 0.6 is 0 Å². The molecule has 1 aromatic heterocycles. The molecule has 2 heterocycles. The third-order valence-electron chi connectivity index (χ3n) is 3.90. The van der Waals surface area contributed by atoms with Gasteiger partial charge in [0.2, 0.25) is 15.9 Å². The first-order valence-electron chi connectivity index (χ1n) is 6.86. The van der Waals surface area contributed by atoms with Gasteiger partial charge in [-0.2, -0.15) is 9.29 Å². The lowest BCUT2D eigenvalue weighted by atomic mass is 9.91. The molecule has 2 aliphatic rings. The predicted octanol–water partition coefficient (Wildman–Crippen LogP) is 0.276. The van der Waals surface area contributed by atoms with Gasteiger partial charge in [0.1, 0.15) is 0 Å². The highest BCUT2D eigenvalue weighted by Crippen LogP contribution is 2.38. The van der Waals surface area contributed by atoms with E-state index >= 15 is 0 Å². The van der Waals surface area contributed by atoms with Crippen LogP contribution in [0.15, 0.2) is 4.52 Å².